The molecule has 1 aliphatic rings. The number of fused-ring (bicyclic) bond motifs is 1. The minimum Gasteiger partial charge on any atom is -0.368 e. The molecule has 0 bridgehead atoms. The second-order valence-corrected chi connectivity index (χ2v) is 7.30. The minimum atomic E-state index is 0.209. The number of carbonyl (C=O) groups is 1. The van der Waals surface area contributed by atoms with Crippen LogP contribution in [0.1, 0.15) is 5.56 Å². The molecule has 1 amide bonds. The van der Waals surface area contributed by atoms with Gasteiger partial charge in [-0.1, -0.05) is 34.1 Å². The molecule has 128 valence electrons. The third kappa shape index (κ3) is 3.42. The van der Waals surface area contributed by atoms with Gasteiger partial charge in [-0.05, 0) is 35.9 Å². The van der Waals surface area contributed by atoms with Gasteiger partial charge in [0.25, 0.3) is 0 Å². The Hall–Kier alpha value is -2.27. The van der Waals surface area contributed by atoms with Gasteiger partial charge in [-0.15, -0.1) is 0 Å². The van der Waals surface area contributed by atoms with Gasteiger partial charge in [-0.2, -0.15) is 0 Å². The van der Waals surface area contributed by atoms with Gasteiger partial charge in [0, 0.05) is 53.4 Å². The zero-order chi connectivity index (χ0) is 17.2. The van der Waals surface area contributed by atoms with E-state index in [4.69, 9.17) is 0 Å². The Morgan fingerprint density at radius 2 is 1.72 bits per heavy atom. The lowest BCUT2D eigenvalue weighted by Crippen LogP contribution is -2.49. The Bertz CT molecular complexity index is 879. The molecule has 0 spiro atoms. The lowest BCUT2D eigenvalue weighted by molar-refractivity contribution is -0.130. The first-order chi connectivity index (χ1) is 12.2. The highest BCUT2D eigenvalue weighted by Crippen LogP contribution is 2.21. The number of hydrogen-bond acceptors (Lipinski definition) is 2. The van der Waals surface area contributed by atoms with E-state index in [1.165, 1.54) is 5.69 Å². The molecule has 2 heterocycles. The molecule has 2 aromatic carbocycles. The van der Waals surface area contributed by atoms with Crippen molar-refractivity contribution in [3.05, 3.63) is 64.8 Å². The highest BCUT2D eigenvalue weighted by Gasteiger charge is 2.22. The van der Waals surface area contributed by atoms with Gasteiger partial charge >= 0.3 is 0 Å². The highest BCUT2D eigenvalue weighted by atomic mass is 79.9. The van der Waals surface area contributed by atoms with Crippen molar-refractivity contribution in [1.29, 1.82) is 0 Å². The van der Waals surface area contributed by atoms with E-state index in [1.54, 1.807) is 0 Å². The fraction of sp³-hybridized carbons (Fsp3) is 0.250. The Kier molecular flexibility index (Phi) is 4.49. The van der Waals surface area contributed by atoms with Crippen molar-refractivity contribution in [1.82, 2.24) is 9.88 Å². The summed E-state index contributed by atoms with van der Waals surface area (Å²) in [6.45, 7) is 3.30. The largest absolute Gasteiger partial charge is 0.368 e. The van der Waals surface area contributed by atoms with E-state index < -0.39 is 0 Å². The number of anilines is 1. The molecule has 1 fully saturated rings. The minimum absolute atomic E-state index is 0.209. The van der Waals surface area contributed by atoms with Crippen molar-refractivity contribution in [2.24, 2.45) is 0 Å². The van der Waals surface area contributed by atoms with Crippen molar-refractivity contribution in [3.63, 3.8) is 0 Å². The summed E-state index contributed by atoms with van der Waals surface area (Å²) in [5.74, 6) is 0.209. The molecule has 0 aliphatic carbocycles. The molecule has 0 radical (unpaired) electrons. The predicted molar refractivity (Wildman–Crippen MR) is 105 cm³/mol. The molecule has 3 aromatic rings. The third-order valence-electron chi connectivity index (χ3n) is 4.84. The molecule has 0 atom stereocenters. The number of hydrogen-bond donors (Lipinski definition) is 1. The maximum absolute atomic E-state index is 12.7. The van der Waals surface area contributed by atoms with Crippen LogP contribution < -0.4 is 4.90 Å². The van der Waals surface area contributed by atoms with Crippen molar-refractivity contribution < 1.29 is 4.79 Å². The lowest BCUT2D eigenvalue weighted by atomic mass is 10.1. The van der Waals surface area contributed by atoms with Gasteiger partial charge in [-0.3, -0.25) is 4.79 Å². The molecule has 0 saturated carbocycles. The van der Waals surface area contributed by atoms with Crippen LogP contribution in [0.25, 0.3) is 10.9 Å². The van der Waals surface area contributed by atoms with Crippen LogP contribution in [0.15, 0.2) is 59.2 Å². The first kappa shape index (κ1) is 16.2. The number of benzene rings is 2. The topological polar surface area (TPSA) is 39.3 Å². The summed E-state index contributed by atoms with van der Waals surface area (Å²) < 4.78 is 1.09. The maximum Gasteiger partial charge on any atom is 0.227 e. The molecule has 5 heteroatoms. The molecular weight excluding hydrogens is 378 g/mol. The molecule has 1 saturated heterocycles. The molecule has 0 unspecified atom stereocenters. The number of para-hydroxylation sites is 1. The second kappa shape index (κ2) is 6.92. The van der Waals surface area contributed by atoms with Gasteiger partial charge in [0.05, 0.1) is 6.42 Å². The van der Waals surface area contributed by atoms with Gasteiger partial charge in [-0.25, -0.2) is 0 Å². The number of amides is 1. The van der Waals surface area contributed by atoms with E-state index in [-0.39, 0.29) is 5.91 Å². The molecule has 4 rings (SSSR count). The smallest absolute Gasteiger partial charge is 0.227 e. The zero-order valence-corrected chi connectivity index (χ0v) is 15.5. The Morgan fingerprint density at radius 3 is 2.48 bits per heavy atom. The van der Waals surface area contributed by atoms with Gasteiger partial charge in [0.1, 0.15) is 0 Å². The van der Waals surface area contributed by atoms with Crippen molar-refractivity contribution in [2.45, 2.75) is 6.42 Å². The summed E-state index contributed by atoms with van der Waals surface area (Å²) in [6.07, 6.45) is 2.42. The summed E-state index contributed by atoms with van der Waals surface area (Å²) in [5.41, 5.74) is 3.38. The zero-order valence-electron chi connectivity index (χ0n) is 13.9. The fourth-order valence-electron chi connectivity index (χ4n) is 3.42. The molecule has 4 nitrogen and oxygen atoms in total. The Balaban J connectivity index is 1.39. The number of aromatic nitrogens is 1. The standard InChI is InChI=1S/C20H20BrN3O/c21-16-5-7-17(8-6-16)23-9-11-24(12-10-23)20(25)13-15-14-22-19-4-2-1-3-18(15)19/h1-8,14,22H,9-13H2. The number of aromatic amines is 1. The summed E-state index contributed by atoms with van der Waals surface area (Å²) >= 11 is 3.47. The van der Waals surface area contributed by atoms with E-state index in [0.717, 1.165) is 47.1 Å². The van der Waals surface area contributed by atoms with E-state index >= 15 is 0 Å². The molecule has 1 aliphatic heterocycles. The summed E-state index contributed by atoms with van der Waals surface area (Å²) in [4.78, 5) is 20.2. The van der Waals surface area contributed by atoms with Crippen LogP contribution in [0.5, 0.6) is 0 Å². The number of piperazine rings is 1. The van der Waals surface area contributed by atoms with Crippen LogP contribution >= 0.6 is 15.9 Å². The normalized spacial score (nSPS) is 14.9. The Morgan fingerprint density at radius 1 is 1.00 bits per heavy atom. The van der Waals surface area contributed by atoms with E-state index in [9.17, 15) is 4.79 Å². The fourth-order valence-corrected chi connectivity index (χ4v) is 3.68. The number of halogens is 1. The van der Waals surface area contributed by atoms with Crippen LogP contribution in [0.4, 0.5) is 5.69 Å². The van der Waals surface area contributed by atoms with Crippen LogP contribution in [-0.2, 0) is 11.2 Å². The predicted octanol–water partition coefficient (Wildman–Crippen LogP) is 3.82. The highest BCUT2D eigenvalue weighted by molar-refractivity contribution is 9.10. The Labute approximate surface area is 155 Å². The molecule has 1 aromatic heterocycles. The summed E-state index contributed by atoms with van der Waals surface area (Å²) in [6, 6.07) is 16.5. The van der Waals surface area contributed by atoms with Crippen molar-refractivity contribution >= 4 is 38.4 Å². The van der Waals surface area contributed by atoms with Gasteiger partial charge in [0.15, 0.2) is 0 Å². The summed E-state index contributed by atoms with van der Waals surface area (Å²) in [7, 11) is 0. The molecule has 25 heavy (non-hydrogen) atoms. The van der Waals surface area contributed by atoms with E-state index in [0.29, 0.717) is 6.42 Å². The average molecular weight is 398 g/mol. The first-order valence-corrected chi connectivity index (χ1v) is 9.33. The number of H-pyrrole nitrogens is 1. The SMILES string of the molecule is O=C(Cc1c[nH]c2ccccc12)N1CCN(c2ccc(Br)cc2)CC1. The van der Waals surface area contributed by atoms with Gasteiger partial charge in [0.2, 0.25) is 5.91 Å². The lowest BCUT2D eigenvalue weighted by Gasteiger charge is -2.36. The van der Waals surface area contributed by atoms with E-state index in [2.05, 4.69) is 56.1 Å². The van der Waals surface area contributed by atoms with E-state index in [1.807, 2.05) is 29.3 Å². The molecule has 1 N–H and O–H groups in total. The van der Waals surface area contributed by atoms with Crippen LogP contribution in [-0.4, -0.2) is 42.0 Å². The number of nitrogens with zero attached hydrogens (tertiary/aromatic N) is 2. The van der Waals surface area contributed by atoms with Crippen LogP contribution in [0, 0.1) is 0 Å². The van der Waals surface area contributed by atoms with Gasteiger partial charge < -0.3 is 14.8 Å². The van der Waals surface area contributed by atoms with Crippen LogP contribution in [0.3, 0.4) is 0 Å². The number of rotatable bonds is 3. The van der Waals surface area contributed by atoms with Crippen LogP contribution in [0.2, 0.25) is 0 Å². The average Bonchev–Trinajstić information content (AvgIpc) is 3.06. The maximum atomic E-state index is 12.7. The monoisotopic (exact) mass is 397 g/mol. The van der Waals surface area contributed by atoms with Crippen molar-refractivity contribution in [3.8, 4) is 0 Å². The van der Waals surface area contributed by atoms with Crippen molar-refractivity contribution in [2.75, 3.05) is 31.1 Å². The quantitative estimate of drug-likeness (QED) is 0.729. The summed E-state index contributed by atoms with van der Waals surface area (Å²) in [5, 5.41) is 1.14. The number of nitrogens with one attached hydrogen (secondary N) is 1. The molecular formula is C20H20BrN3O. The third-order valence-corrected chi connectivity index (χ3v) is 5.37. The second-order valence-electron chi connectivity index (χ2n) is 6.38. The first-order valence-electron chi connectivity index (χ1n) is 8.54. The number of carbonyl (C=O) groups excluding carboxylic acids is 1.